The fraction of sp³-hybridized carbons (Fsp3) is 0.900. The topological polar surface area (TPSA) is 39.7 Å². The Morgan fingerprint density at radius 2 is 2.21 bits per heavy atom. The van der Waals surface area contributed by atoms with Crippen LogP contribution < -0.4 is 10.6 Å². The highest BCUT2D eigenvalue weighted by atomic mass is 15.2. The summed E-state index contributed by atoms with van der Waals surface area (Å²) in [5.41, 5.74) is 0. The van der Waals surface area contributed by atoms with Crippen molar-refractivity contribution >= 4 is 5.96 Å². The van der Waals surface area contributed by atoms with E-state index in [1.807, 2.05) is 0 Å². The molecular weight excluding hydrogens is 176 g/mol. The van der Waals surface area contributed by atoms with Crippen molar-refractivity contribution in [3.8, 4) is 0 Å². The van der Waals surface area contributed by atoms with Crippen LogP contribution in [-0.4, -0.2) is 50.1 Å². The predicted molar refractivity (Wildman–Crippen MR) is 60.7 cm³/mol. The van der Waals surface area contributed by atoms with Crippen LogP contribution in [0.15, 0.2) is 4.99 Å². The second-order valence-electron chi connectivity index (χ2n) is 3.46. The van der Waals surface area contributed by atoms with Gasteiger partial charge in [-0.15, -0.1) is 0 Å². The van der Waals surface area contributed by atoms with Gasteiger partial charge >= 0.3 is 0 Å². The lowest BCUT2D eigenvalue weighted by Crippen LogP contribution is -2.43. The molecule has 0 saturated heterocycles. The Hall–Kier alpha value is -0.770. The van der Waals surface area contributed by atoms with Crippen molar-refractivity contribution in [1.82, 2.24) is 15.5 Å². The minimum atomic E-state index is 0.959. The molecule has 0 amide bonds. The van der Waals surface area contributed by atoms with Crippen LogP contribution in [0.1, 0.15) is 20.3 Å². The summed E-state index contributed by atoms with van der Waals surface area (Å²) in [5, 5.41) is 6.57. The molecular formula is C10H22N4. The summed E-state index contributed by atoms with van der Waals surface area (Å²) in [4.78, 5) is 6.75. The number of aliphatic imine (C=N–C) groups is 1. The molecule has 1 aliphatic heterocycles. The highest BCUT2D eigenvalue weighted by Gasteiger charge is 2.03. The van der Waals surface area contributed by atoms with E-state index in [4.69, 9.17) is 0 Å². The zero-order valence-electron chi connectivity index (χ0n) is 9.34. The minimum Gasteiger partial charge on any atom is -0.356 e. The van der Waals surface area contributed by atoms with E-state index >= 15 is 0 Å². The SMILES string of the molecule is CCN(CC)CCNC1=NCCCN1. The van der Waals surface area contributed by atoms with Crippen molar-refractivity contribution < 1.29 is 0 Å². The lowest BCUT2D eigenvalue weighted by atomic mass is 10.4. The first-order chi connectivity index (χ1) is 6.86. The third kappa shape index (κ3) is 3.96. The van der Waals surface area contributed by atoms with Crippen molar-refractivity contribution in [3.05, 3.63) is 0 Å². The Morgan fingerprint density at radius 1 is 1.43 bits per heavy atom. The summed E-state index contributed by atoms with van der Waals surface area (Å²) in [6.07, 6.45) is 1.15. The van der Waals surface area contributed by atoms with E-state index in [0.717, 1.165) is 51.6 Å². The average molecular weight is 198 g/mol. The number of nitrogens with one attached hydrogen (secondary N) is 2. The summed E-state index contributed by atoms with van der Waals surface area (Å²) in [7, 11) is 0. The molecule has 4 nitrogen and oxygen atoms in total. The Kier molecular flexibility index (Phi) is 5.37. The van der Waals surface area contributed by atoms with Gasteiger partial charge < -0.3 is 15.5 Å². The Labute approximate surface area is 86.8 Å². The predicted octanol–water partition coefficient (Wildman–Crippen LogP) is 0.267. The number of guanidine groups is 1. The minimum absolute atomic E-state index is 0.959. The smallest absolute Gasteiger partial charge is 0.191 e. The first kappa shape index (κ1) is 11.3. The highest BCUT2D eigenvalue weighted by molar-refractivity contribution is 5.80. The molecule has 0 aromatic carbocycles. The summed E-state index contributed by atoms with van der Waals surface area (Å²) in [6, 6.07) is 0. The molecule has 0 unspecified atom stereocenters. The third-order valence-electron chi connectivity index (χ3n) is 2.51. The van der Waals surface area contributed by atoms with E-state index in [1.165, 1.54) is 0 Å². The second-order valence-corrected chi connectivity index (χ2v) is 3.46. The van der Waals surface area contributed by atoms with Crippen molar-refractivity contribution in [2.45, 2.75) is 20.3 Å². The monoisotopic (exact) mass is 198 g/mol. The van der Waals surface area contributed by atoms with Crippen molar-refractivity contribution in [1.29, 1.82) is 0 Å². The lowest BCUT2D eigenvalue weighted by Gasteiger charge is -2.20. The molecule has 0 saturated carbocycles. The summed E-state index contributed by atoms with van der Waals surface area (Å²) in [5.74, 6) is 0.975. The maximum atomic E-state index is 4.35. The maximum absolute atomic E-state index is 4.35. The number of rotatable bonds is 5. The average Bonchev–Trinajstić information content (AvgIpc) is 2.26. The van der Waals surface area contributed by atoms with Crippen LogP contribution in [0.2, 0.25) is 0 Å². The molecule has 0 aromatic rings. The third-order valence-corrected chi connectivity index (χ3v) is 2.51. The molecule has 14 heavy (non-hydrogen) atoms. The largest absolute Gasteiger partial charge is 0.356 e. The highest BCUT2D eigenvalue weighted by Crippen LogP contribution is 1.88. The quantitative estimate of drug-likeness (QED) is 0.666. The number of hydrogen-bond acceptors (Lipinski definition) is 4. The molecule has 0 aromatic heterocycles. The summed E-state index contributed by atoms with van der Waals surface area (Å²) >= 11 is 0. The van der Waals surface area contributed by atoms with Gasteiger partial charge in [0.2, 0.25) is 0 Å². The van der Waals surface area contributed by atoms with Gasteiger partial charge in [0.25, 0.3) is 0 Å². The van der Waals surface area contributed by atoms with Crippen LogP contribution in [0.3, 0.4) is 0 Å². The van der Waals surface area contributed by atoms with Gasteiger partial charge in [0, 0.05) is 26.2 Å². The Bertz CT molecular complexity index is 175. The van der Waals surface area contributed by atoms with Crippen molar-refractivity contribution in [3.63, 3.8) is 0 Å². The molecule has 2 N–H and O–H groups in total. The fourth-order valence-electron chi connectivity index (χ4n) is 1.52. The summed E-state index contributed by atoms with van der Waals surface area (Å²) in [6.45, 7) is 10.7. The van der Waals surface area contributed by atoms with E-state index in [0.29, 0.717) is 0 Å². The van der Waals surface area contributed by atoms with Crippen LogP contribution in [0.25, 0.3) is 0 Å². The van der Waals surface area contributed by atoms with Crippen LogP contribution in [-0.2, 0) is 0 Å². The van der Waals surface area contributed by atoms with Gasteiger partial charge in [-0.2, -0.15) is 0 Å². The van der Waals surface area contributed by atoms with E-state index < -0.39 is 0 Å². The first-order valence-electron chi connectivity index (χ1n) is 5.61. The Balaban J connectivity index is 2.10. The zero-order chi connectivity index (χ0) is 10.2. The summed E-state index contributed by atoms with van der Waals surface area (Å²) < 4.78 is 0. The standard InChI is InChI=1S/C10H22N4/c1-3-14(4-2)9-8-13-10-11-6-5-7-12-10/h3-9H2,1-2H3,(H2,11,12,13). The number of nitrogens with zero attached hydrogens (tertiary/aromatic N) is 2. The number of hydrogen-bond donors (Lipinski definition) is 2. The lowest BCUT2D eigenvalue weighted by molar-refractivity contribution is 0.308. The molecule has 0 spiro atoms. The Morgan fingerprint density at radius 3 is 2.79 bits per heavy atom. The van der Waals surface area contributed by atoms with E-state index in [9.17, 15) is 0 Å². The normalized spacial score (nSPS) is 16.4. The van der Waals surface area contributed by atoms with Crippen LogP contribution in [0.5, 0.6) is 0 Å². The van der Waals surface area contributed by atoms with Gasteiger partial charge in [-0.3, -0.25) is 4.99 Å². The van der Waals surface area contributed by atoms with E-state index in [1.54, 1.807) is 0 Å². The number of likely N-dealkylation sites (N-methyl/N-ethyl adjacent to an activating group) is 1. The van der Waals surface area contributed by atoms with Crippen LogP contribution in [0, 0.1) is 0 Å². The molecule has 0 atom stereocenters. The molecule has 1 heterocycles. The van der Waals surface area contributed by atoms with E-state index in [-0.39, 0.29) is 0 Å². The van der Waals surface area contributed by atoms with Crippen molar-refractivity contribution in [2.75, 3.05) is 39.3 Å². The molecule has 1 aliphatic rings. The van der Waals surface area contributed by atoms with Gasteiger partial charge in [0.1, 0.15) is 0 Å². The van der Waals surface area contributed by atoms with E-state index in [2.05, 4.69) is 34.4 Å². The molecule has 1 rings (SSSR count). The van der Waals surface area contributed by atoms with Gasteiger partial charge in [0.05, 0.1) is 0 Å². The molecule has 82 valence electrons. The van der Waals surface area contributed by atoms with Gasteiger partial charge in [-0.25, -0.2) is 0 Å². The van der Waals surface area contributed by atoms with Gasteiger partial charge in [-0.1, -0.05) is 13.8 Å². The van der Waals surface area contributed by atoms with Gasteiger partial charge in [-0.05, 0) is 19.5 Å². The molecule has 0 bridgehead atoms. The molecule has 0 aliphatic carbocycles. The second kappa shape index (κ2) is 6.65. The molecule has 0 radical (unpaired) electrons. The molecule has 4 heteroatoms. The first-order valence-corrected chi connectivity index (χ1v) is 5.61. The van der Waals surface area contributed by atoms with Crippen LogP contribution >= 0.6 is 0 Å². The zero-order valence-corrected chi connectivity index (χ0v) is 9.34. The fourth-order valence-corrected chi connectivity index (χ4v) is 1.52. The maximum Gasteiger partial charge on any atom is 0.191 e. The van der Waals surface area contributed by atoms with Crippen molar-refractivity contribution in [2.24, 2.45) is 4.99 Å². The molecule has 0 fully saturated rings. The van der Waals surface area contributed by atoms with Gasteiger partial charge in [0.15, 0.2) is 5.96 Å². The van der Waals surface area contributed by atoms with Crippen LogP contribution in [0.4, 0.5) is 0 Å².